The minimum atomic E-state index is -3.86. The van der Waals surface area contributed by atoms with Crippen molar-refractivity contribution in [2.45, 2.75) is 24.7 Å². The first kappa shape index (κ1) is 18.6. The second kappa shape index (κ2) is 7.24. The Bertz CT molecular complexity index is 590. The minimum absolute atomic E-state index is 0. The van der Waals surface area contributed by atoms with E-state index < -0.39 is 15.8 Å². The zero-order valence-electron chi connectivity index (χ0n) is 11.7. The SMILES string of the molecule is CC1(CNS(=O)(=O)c2ccc(Cl)cc2F)CCCNC1.Cl. The molecule has 1 aliphatic rings. The van der Waals surface area contributed by atoms with E-state index in [-0.39, 0.29) is 34.3 Å². The quantitative estimate of drug-likeness (QED) is 0.871. The molecule has 1 atom stereocenters. The van der Waals surface area contributed by atoms with Gasteiger partial charge in [-0.05, 0) is 43.0 Å². The van der Waals surface area contributed by atoms with E-state index in [1.165, 1.54) is 12.1 Å². The first-order valence-electron chi connectivity index (χ1n) is 6.48. The summed E-state index contributed by atoms with van der Waals surface area (Å²) in [6.45, 7) is 4.00. The van der Waals surface area contributed by atoms with Gasteiger partial charge >= 0.3 is 0 Å². The monoisotopic (exact) mass is 356 g/mol. The standard InChI is InChI=1S/C13H18ClFN2O2S.ClH/c1-13(5-2-6-16-8-13)9-17-20(18,19)12-4-3-10(14)7-11(12)15;/h3-4,7,16-17H,2,5-6,8-9H2,1H3;1H. The van der Waals surface area contributed by atoms with Crippen molar-refractivity contribution in [3.63, 3.8) is 0 Å². The molecule has 1 saturated heterocycles. The second-order valence-electron chi connectivity index (χ2n) is 5.49. The average Bonchev–Trinajstić information content (AvgIpc) is 2.37. The van der Waals surface area contributed by atoms with Crippen LogP contribution in [0.25, 0.3) is 0 Å². The molecule has 0 aliphatic carbocycles. The summed E-state index contributed by atoms with van der Waals surface area (Å²) < 4.78 is 40.5. The predicted molar refractivity (Wildman–Crippen MR) is 84.1 cm³/mol. The van der Waals surface area contributed by atoms with E-state index >= 15 is 0 Å². The minimum Gasteiger partial charge on any atom is -0.316 e. The molecule has 2 N–H and O–H groups in total. The van der Waals surface area contributed by atoms with Crippen LogP contribution in [0.3, 0.4) is 0 Å². The Morgan fingerprint density at radius 3 is 2.76 bits per heavy atom. The molecule has 1 heterocycles. The fraction of sp³-hybridized carbons (Fsp3) is 0.538. The van der Waals surface area contributed by atoms with Gasteiger partial charge in [0.2, 0.25) is 10.0 Å². The molecule has 0 radical (unpaired) electrons. The van der Waals surface area contributed by atoms with Gasteiger partial charge in [0.15, 0.2) is 0 Å². The molecule has 1 aromatic rings. The lowest BCUT2D eigenvalue weighted by Gasteiger charge is -2.34. The highest BCUT2D eigenvalue weighted by atomic mass is 35.5. The van der Waals surface area contributed by atoms with Gasteiger partial charge in [-0.2, -0.15) is 0 Å². The van der Waals surface area contributed by atoms with Crippen molar-refractivity contribution in [3.8, 4) is 0 Å². The summed E-state index contributed by atoms with van der Waals surface area (Å²) in [5.74, 6) is -0.836. The molecule has 1 fully saturated rings. The molecule has 120 valence electrons. The Morgan fingerprint density at radius 1 is 1.48 bits per heavy atom. The number of benzene rings is 1. The van der Waals surface area contributed by atoms with Gasteiger partial charge in [-0.15, -0.1) is 12.4 Å². The van der Waals surface area contributed by atoms with E-state index in [2.05, 4.69) is 10.0 Å². The Hall–Kier alpha value is -0.400. The lowest BCUT2D eigenvalue weighted by atomic mass is 9.83. The first-order valence-corrected chi connectivity index (χ1v) is 8.34. The van der Waals surface area contributed by atoms with Crippen LogP contribution in [0.1, 0.15) is 19.8 Å². The van der Waals surface area contributed by atoms with Crippen LogP contribution in [0.15, 0.2) is 23.1 Å². The van der Waals surface area contributed by atoms with Gasteiger partial charge in [-0.25, -0.2) is 17.5 Å². The van der Waals surface area contributed by atoms with E-state index in [0.717, 1.165) is 32.0 Å². The lowest BCUT2D eigenvalue weighted by molar-refractivity contribution is 0.238. The van der Waals surface area contributed by atoms with Gasteiger partial charge in [-0.3, -0.25) is 0 Å². The zero-order chi connectivity index (χ0) is 14.8. The highest BCUT2D eigenvalue weighted by Gasteiger charge is 2.29. The van der Waals surface area contributed by atoms with Crippen LogP contribution in [-0.2, 0) is 10.0 Å². The van der Waals surface area contributed by atoms with Crippen LogP contribution < -0.4 is 10.0 Å². The van der Waals surface area contributed by atoms with Gasteiger partial charge in [0.05, 0.1) is 0 Å². The van der Waals surface area contributed by atoms with Crippen molar-refractivity contribution in [2.75, 3.05) is 19.6 Å². The van der Waals surface area contributed by atoms with Gasteiger partial charge in [0.1, 0.15) is 10.7 Å². The molecule has 1 aromatic carbocycles. The summed E-state index contributed by atoms with van der Waals surface area (Å²) in [5.41, 5.74) is -0.145. The molecule has 0 bridgehead atoms. The molecule has 8 heteroatoms. The summed E-state index contributed by atoms with van der Waals surface area (Å²) in [6.07, 6.45) is 1.94. The summed E-state index contributed by atoms with van der Waals surface area (Å²) in [7, 11) is -3.86. The molecule has 4 nitrogen and oxygen atoms in total. The molecular weight excluding hydrogens is 338 g/mol. The molecule has 0 aromatic heterocycles. The number of halogens is 3. The smallest absolute Gasteiger partial charge is 0.243 e. The maximum absolute atomic E-state index is 13.7. The van der Waals surface area contributed by atoms with E-state index in [1.54, 1.807) is 0 Å². The number of nitrogens with one attached hydrogen (secondary N) is 2. The van der Waals surface area contributed by atoms with Crippen molar-refractivity contribution >= 4 is 34.0 Å². The van der Waals surface area contributed by atoms with Crippen LogP contribution in [-0.4, -0.2) is 28.1 Å². The molecule has 21 heavy (non-hydrogen) atoms. The Kier molecular flexibility index (Phi) is 6.43. The largest absolute Gasteiger partial charge is 0.316 e. The van der Waals surface area contributed by atoms with Crippen molar-refractivity contribution < 1.29 is 12.8 Å². The summed E-state index contributed by atoms with van der Waals surface area (Å²) in [4.78, 5) is -0.366. The number of rotatable bonds is 4. The maximum atomic E-state index is 13.7. The molecule has 0 spiro atoms. The molecule has 0 amide bonds. The topological polar surface area (TPSA) is 58.2 Å². The Morgan fingerprint density at radius 2 is 2.19 bits per heavy atom. The molecule has 1 aliphatic heterocycles. The molecule has 2 rings (SSSR count). The summed E-state index contributed by atoms with van der Waals surface area (Å²) in [6, 6.07) is 3.55. The van der Waals surface area contributed by atoms with E-state index in [4.69, 9.17) is 11.6 Å². The van der Waals surface area contributed by atoms with Crippen LogP contribution in [0.5, 0.6) is 0 Å². The fourth-order valence-corrected chi connectivity index (χ4v) is 3.73. The van der Waals surface area contributed by atoms with Crippen molar-refractivity contribution in [1.29, 1.82) is 0 Å². The van der Waals surface area contributed by atoms with Crippen LogP contribution in [0.2, 0.25) is 5.02 Å². The normalized spacial score (nSPS) is 22.6. The third-order valence-electron chi connectivity index (χ3n) is 3.56. The lowest BCUT2D eigenvalue weighted by Crippen LogP contribution is -2.45. The van der Waals surface area contributed by atoms with Gasteiger partial charge in [0.25, 0.3) is 0 Å². The van der Waals surface area contributed by atoms with Crippen molar-refractivity contribution in [2.24, 2.45) is 5.41 Å². The zero-order valence-corrected chi connectivity index (χ0v) is 14.0. The summed E-state index contributed by atoms with van der Waals surface area (Å²) >= 11 is 5.62. The average molecular weight is 357 g/mol. The number of piperidine rings is 1. The van der Waals surface area contributed by atoms with Gasteiger partial charge in [-0.1, -0.05) is 18.5 Å². The van der Waals surface area contributed by atoms with Crippen LogP contribution in [0.4, 0.5) is 4.39 Å². The van der Waals surface area contributed by atoms with Crippen LogP contribution in [0, 0.1) is 11.2 Å². The van der Waals surface area contributed by atoms with Gasteiger partial charge in [0, 0.05) is 18.1 Å². The van der Waals surface area contributed by atoms with Crippen molar-refractivity contribution in [1.82, 2.24) is 10.0 Å². The summed E-state index contributed by atoms with van der Waals surface area (Å²) in [5, 5.41) is 3.42. The Balaban J connectivity index is 0.00000220. The fourth-order valence-electron chi connectivity index (χ4n) is 2.31. The van der Waals surface area contributed by atoms with Crippen LogP contribution >= 0.6 is 24.0 Å². The number of hydrogen-bond donors (Lipinski definition) is 2. The van der Waals surface area contributed by atoms with Crippen molar-refractivity contribution in [3.05, 3.63) is 29.0 Å². The highest BCUT2D eigenvalue weighted by molar-refractivity contribution is 7.89. The Labute approximate surface area is 135 Å². The number of sulfonamides is 1. The molecular formula is C13H19Cl2FN2O2S. The molecule has 1 unspecified atom stereocenters. The number of hydrogen-bond acceptors (Lipinski definition) is 3. The van der Waals surface area contributed by atoms with E-state index in [0.29, 0.717) is 0 Å². The van der Waals surface area contributed by atoms with E-state index in [9.17, 15) is 12.8 Å². The molecule has 0 saturated carbocycles. The third-order valence-corrected chi connectivity index (χ3v) is 5.23. The highest BCUT2D eigenvalue weighted by Crippen LogP contribution is 2.25. The predicted octanol–water partition coefficient (Wildman–Crippen LogP) is 2.57. The first-order chi connectivity index (χ1) is 9.32. The van der Waals surface area contributed by atoms with Gasteiger partial charge < -0.3 is 5.32 Å². The van der Waals surface area contributed by atoms with E-state index in [1.807, 2.05) is 6.92 Å². The second-order valence-corrected chi connectivity index (χ2v) is 7.66. The third kappa shape index (κ3) is 4.79. The maximum Gasteiger partial charge on any atom is 0.243 e.